The molecular formula is C18H19FN2. The fraction of sp³-hybridized carbons (Fsp3) is 0.222. The van der Waals surface area contributed by atoms with E-state index in [9.17, 15) is 4.39 Å². The maximum Gasteiger partial charge on any atom is 0.127 e. The third-order valence-corrected chi connectivity index (χ3v) is 3.15. The van der Waals surface area contributed by atoms with Crippen LogP contribution in [0.25, 0.3) is 0 Å². The lowest BCUT2D eigenvalue weighted by Crippen LogP contribution is -1.92. The van der Waals surface area contributed by atoms with Gasteiger partial charge in [-0.05, 0) is 36.1 Å². The molecular weight excluding hydrogens is 263 g/mol. The fourth-order valence-electron chi connectivity index (χ4n) is 1.97. The van der Waals surface area contributed by atoms with Crippen LogP contribution in [0.15, 0.2) is 52.7 Å². The predicted octanol–water partition coefficient (Wildman–Crippen LogP) is 4.54. The summed E-state index contributed by atoms with van der Waals surface area (Å²) in [6.07, 6.45) is 4.93. The normalized spacial score (nSPS) is 11.6. The summed E-state index contributed by atoms with van der Waals surface area (Å²) in [5, 5.41) is 7.93. The molecule has 0 spiro atoms. The first-order valence-electron chi connectivity index (χ1n) is 7.10. The lowest BCUT2D eigenvalue weighted by atomic mass is 10.1. The number of hydrogen-bond acceptors (Lipinski definition) is 2. The number of nitrogens with zero attached hydrogens (tertiary/aromatic N) is 2. The predicted molar refractivity (Wildman–Crippen MR) is 86.8 cm³/mol. The highest BCUT2D eigenvalue weighted by atomic mass is 19.1. The average molecular weight is 282 g/mol. The molecule has 2 rings (SSSR count). The average Bonchev–Trinajstić information content (AvgIpc) is 2.48. The summed E-state index contributed by atoms with van der Waals surface area (Å²) in [4.78, 5) is 0. The summed E-state index contributed by atoms with van der Waals surface area (Å²) >= 11 is 0. The molecule has 3 heteroatoms. The quantitative estimate of drug-likeness (QED) is 0.568. The van der Waals surface area contributed by atoms with Crippen molar-refractivity contribution in [2.75, 3.05) is 0 Å². The smallest absolute Gasteiger partial charge is 0.127 e. The van der Waals surface area contributed by atoms with E-state index in [-0.39, 0.29) is 5.82 Å². The number of rotatable bonds is 5. The Morgan fingerprint density at radius 1 is 0.952 bits per heavy atom. The summed E-state index contributed by atoms with van der Waals surface area (Å²) in [6, 6.07) is 13.2. The number of hydrogen-bond donors (Lipinski definition) is 0. The Balaban J connectivity index is 2.01. The number of halogens is 1. The number of aryl methyl sites for hydroxylation is 2. The molecule has 21 heavy (non-hydrogen) atoms. The number of benzene rings is 2. The Hall–Kier alpha value is -2.29. The molecule has 2 aromatic carbocycles. The van der Waals surface area contributed by atoms with Crippen molar-refractivity contribution < 1.29 is 4.39 Å². The van der Waals surface area contributed by atoms with Gasteiger partial charge in [0.15, 0.2) is 0 Å². The van der Waals surface area contributed by atoms with Crippen molar-refractivity contribution in [1.29, 1.82) is 0 Å². The van der Waals surface area contributed by atoms with Gasteiger partial charge < -0.3 is 0 Å². The molecule has 2 nitrogen and oxygen atoms in total. The highest BCUT2D eigenvalue weighted by Crippen LogP contribution is 2.11. The molecule has 0 aliphatic rings. The monoisotopic (exact) mass is 282 g/mol. The maximum absolute atomic E-state index is 13.7. The van der Waals surface area contributed by atoms with Gasteiger partial charge in [-0.1, -0.05) is 55.3 Å². The van der Waals surface area contributed by atoms with E-state index < -0.39 is 0 Å². The van der Waals surface area contributed by atoms with Crippen molar-refractivity contribution in [2.45, 2.75) is 26.7 Å². The second kappa shape index (κ2) is 7.48. The molecule has 0 saturated heterocycles. The molecule has 0 N–H and O–H groups in total. The largest absolute Gasteiger partial charge is 0.207 e. The van der Waals surface area contributed by atoms with E-state index in [4.69, 9.17) is 0 Å². The first-order valence-corrected chi connectivity index (χ1v) is 7.10. The van der Waals surface area contributed by atoms with E-state index in [0.717, 1.165) is 24.0 Å². The highest BCUT2D eigenvalue weighted by Gasteiger charge is 2.01. The van der Waals surface area contributed by atoms with Gasteiger partial charge in [0.1, 0.15) is 5.82 Å². The molecule has 0 saturated carbocycles. The first kappa shape index (κ1) is 15.1. The lowest BCUT2D eigenvalue weighted by Gasteiger charge is -2.01. The molecule has 0 unspecified atom stereocenters. The second-order valence-corrected chi connectivity index (χ2v) is 5.00. The van der Waals surface area contributed by atoms with Gasteiger partial charge in [-0.25, -0.2) is 4.39 Å². The van der Waals surface area contributed by atoms with E-state index >= 15 is 0 Å². The van der Waals surface area contributed by atoms with Gasteiger partial charge in [0.05, 0.1) is 12.4 Å². The summed E-state index contributed by atoms with van der Waals surface area (Å²) < 4.78 is 13.7. The Kier molecular flexibility index (Phi) is 5.38. The summed E-state index contributed by atoms with van der Waals surface area (Å²) in [5.41, 5.74) is 3.66. The van der Waals surface area contributed by atoms with Crippen LogP contribution in [0, 0.1) is 12.7 Å². The van der Waals surface area contributed by atoms with Crippen LogP contribution in [0.2, 0.25) is 0 Å². The van der Waals surface area contributed by atoms with Gasteiger partial charge in [0.2, 0.25) is 0 Å². The van der Waals surface area contributed by atoms with Crippen molar-refractivity contribution in [1.82, 2.24) is 0 Å². The van der Waals surface area contributed by atoms with Crippen LogP contribution >= 0.6 is 0 Å². The van der Waals surface area contributed by atoms with E-state index in [1.165, 1.54) is 11.6 Å². The zero-order valence-electron chi connectivity index (χ0n) is 12.4. The zero-order chi connectivity index (χ0) is 15.1. The van der Waals surface area contributed by atoms with Gasteiger partial charge >= 0.3 is 0 Å². The standard InChI is InChI=1S/C18H19FN2/c1-3-4-17-10-9-16(11-18(17)19)13-21-20-12-15-7-5-14(2)6-8-15/h5-13H,3-4H2,1-2H3. The molecule has 0 aliphatic heterocycles. The molecule has 0 atom stereocenters. The van der Waals surface area contributed by atoms with Crippen LogP contribution in [-0.4, -0.2) is 12.4 Å². The molecule has 0 radical (unpaired) electrons. The Bertz CT molecular complexity index is 643. The van der Waals surface area contributed by atoms with Gasteiger partial charge in [-0.15, -0.1) is 0 Å². The first-order chi connectivity index (χ1) is 10.2. The highest BCUT2D eigenvalue weighted by molar-refractivity contribution is 5.82. The van der Waals surface area contributed by atoms with Crippen molar-refractivity contribution in [2.24, 2.45) is 10.2 Å². The van der Waals surface area contributed by atoms with Crippen LogP contribution in [0.3, 0.4) is 0 Å². The Morgan fingerprint density at radius 2 is 1.57 bits per heavy atom. The van der Waals surface area contributed by atoms with Crippen LogP contribution in [0.5, 0.6) is 0 Å². The van der Waals surface area contributed by atoms with Crippen LogP contribution in [0.1, 0.15) is 35.6 Å². The van der Waals surface area contributed by atoms with Gasteiger partial charge in [0, 0.05) is 0 Å². The van der Waals surface area contributed by atoms with Crippen LogP contribution in [-0.2, 0) is 6.42 Å². The van der Waals surface area contributed by atoms with E-state index in [1.54, 1.807) is 12.4 Å². The molecule has 0 aliphatic carbocycles. The van der Waals surface area contributed by atoms with Crippen molar-refractivity contribution in [3.8, 4) is 0 Å². The van der Waals surface area contributed by atoms with Crippen LogP contribution in [0.4, 0.5) is 4.39 Å². The summed E-state index contributed by atoms with van der Waals surface area (Å²) in [7, 11) is 0. The second-order valence-electron chi connectivity index (χ2n) is 5.00. The summed E-state index contributed by atoms with van der Waals surface area (Å²) in [5.74, 6) is -0.177. The third kappa shape index (κ3) is 4.63. The van der Waals surface area contributed by atoms with Crippen molar-refractivity contribution in [3.05, 3.63) is 70.5 Å². The molecule has 2 aromatic rings. The topological polar surface area (TPSA) is 24.7 Å². The zero-order valence-corrected chi connectivity index (χ0v) is 12.4. The molecule has 0 bridgehead atoms. The van der Waals surface area contributed by atoms with Gasteiger partial charge in [-0.2, -0.15) is 10.2 Å². The fourth-order valence-corrected chi connectivity index (χ4v) is 1.97. The van der Waals surface area contributed by atoms with E-state index in [1.807, 2.05) is 50.2 Å². The molecule has 0 fully saturated rings. The Morgan fingerprint density at radius 3 is 2.19 bits per heavy atom. The Labute approximate surface area is 125 Å². The molecule has 108 valence electrons. The molecule has 0 amide bonds. The molecule has 0 heterocycles. The third-order valence-electron chi connectivity index (χ3n) is 3.15. The minimum absolute atomic E-state index is 0.177. The molecule has 0 aromatic heterocycles. The minimum atomic E-state index is -0.177. The van der Waals surface area contributed by atoms with E-state index in [0.29, 0.717) is 5.56 Å². The maximum atomic E-state index is 13.7. The summed E-state index contributed by atoms with van der Waals surface area (Å²) in [6.45, 7) is 4.07. The van der Waals surface area contributed by atoms with E-state index in [2.05, 4.69) is 10.2 Å². The SMILES string of the molecule is CCCc1ccc(C=NN=Cc2ccc(C)cc2)cc1F. The van der Waals surface area contributed by atoms with Gasteiger partial charge in [-0.3, -0.25) is 0 Å². The van der Waals surface area contributed by atoms with Gasteiger partial charge in [0.25, 0.3) is 0 Å². The van der Waals surface area contributed by atoms with Crippen LogP contribution < -0.4 is 0 Å². The van der Waals surface area contributed by atoms with Crippen molar-refractivity contribution >= 4 is 12.4 Å². The van der Waals surface area contributed by atoms with Crippen molar-refractivity contribution in [3.63, 3.8) is 0 Å². The lowest BCUT2D eigenvalue weighted by molar-refractivity contribution is 0.607. The minimum Gasteiger partial charge on any atom is -0.207 e.